The van der Waals surface area contributed by atoms with Crippen molar-refractivity contribution in [1.29, 1.82) is 0 Å². The second-order valence-electron chi connectivity index (χ2n) is 12.9. The van der Waals surface area contributed by atoms with Gasteiger partial charge in [-0.1, -0.05) is 59.3 Å². The smallest absolute Gasteiger partial charge is 0.302 e. The van der Waals surface area contributed by atoms with Crippen molar-refractivity contribution in [2.45, 2.75) is 112 Å². The van der Waals surface area contributed by atoms with E-state index < -0.39 is 11.0 Å². The molecule has 8 atom stereocenters. The van der Waals surface area contributed by atoms with E-state index in [4.69, 9.17) is 4.74 Å². The van der Waals surface area contributed by atoms with Crippen LogP contribution in [0.15, 0.2) is 23.3 Å². The first kappa shape index (κ1) is 25.7. The Labute approximate surface area is 206 Å². The number of hydrogen-bond donors (Lipinski definition) is 1. The van der Waals surface area contributed by atoms with Crippen LogP contribution in [0.1, 0.15) is 99.8 Å². The number of carbonyl (C=O) groups excluding carboxylic acids is 2. The lowest BCUT2D eigenvalue weighted by Gasteiger charge is -2.58. The first-order valence-electron chi connectivity index (χ1n) is 13.7. The summed E-state index contributed by atoms with van der Waals surface area (Å²) < 4.78 is 5.49. The zero-order valence-corrected chi connectivity index (χ0v) is 22.4. The van der Waals surface area contributed by atoms with Crippen molar-refractivity contribution >= 4 is 11.8 Å². The molecule has 0 aromatic heterocycles. The van der Waals surface area contributed by atoms with Gasteiger partial charge in [0.05, 0.1) is 5.60 Å². The summed E-state index contributed by atoms with van der Waals surface area (Å²) in [5.41, 5.74) is 0.788. The Morgan fingerprint density at radius 3 is 2.44 bits per heavy atom. The third-order valence-corrected chi connectivity index (χ3v) is 10.6. The van der Waals surface area contributed by atoms with Crippen molar-refractivity contribution in [1.82, 2.24) is 0 Å². The molecular formula is C30H46O4. The Bertz CT molecular complexity index is 899. The minimum absolute atomic E-state index is 0.00149. The zero-order chi connectivity index (χ0) is 25.1. The Morgan fingerprint density at radius 2 is 1.79 bits per heavy atom. The quantitative estimate of drug-likeness (QED) is 0.372. The lowest BCUT2D eigenvalue weighted by molar-refractivity contribution is -0.169. The maximum Gasteiger partial charge on any atom is 0.302 e. The fraction of sp³-hybridized carbons (Fsp3) is 0.800. The summed E-state index contributed by atoms with van der Waals surface area (Å²) in [4.78, 5) is 25.4. The van der Waals surface area contributed by atoms with E-state index in [0.717, 1.165) is 18.4 Å². The molecule has 0 aromatic carbocycles. The standard InChI is InChI=1S/C30H46O4/c1-18(2)19(3)8-9-20(4)24-10-11-25-23-13-15-30(33)16-22(34-21(5)31)12-14-29(30,7)27(23)26(32)17-28(24,25)6/h8-9,18-20,22,24-25,33H,10-17H2,1-7H3/b9-8+/t19-,20+,22+,24+,25-,28-,29+,30+/m0/s1. The van der Waals surface area contributed by atoms with Gasteiger partial charge in [0.1, 0.15) is 6.10 Å². The molecule has 0 unspecified atom stereocenters. The SMILES string of the molecule is CC(=O)O[C@@H]1CC[C@]2(C)C3=C(CC[C@@]2(O)C1)[C@@H]1CC[C@H]([C@H](C)/C=C/[C@H](C)C(C)C)[C@]1(C)CC3=O. The van der Waals surface area contributed by atoms with E-state index in [9.17, 15) is 14.7 Å². The van der Waals surface area contributed by atoms with E-state index in [0.29, 0.717) is 61.7 Å². The average Bonchev–Trinajstić information content (AvgIpc) is 3.08. The molecular weight excluding hydrogens is 424 g/mol. The number of esters is 1. The molecule has 1 N–H and O–H groups in total. The van der Waals surface area contributed by atoms with E-state index in [1.807, 2.05) is 0 Å². The van der Waals surface area contributed by atoms with Crippen molar-refractivity contribution in [3.05, 3.63) is 23.3 Å². The van der Waals surface area contributed by atoms with Gasteiger partial charge in [0.15, 0.2) is 5.78 Å². The van der Waals surface area contributed by atoms with E-state index >= 15 is 0 Å². The number of Topliss-reactive ketones (excluding diaryl/α,β-unsaturated/α-hetero) is 1. The normalized spacial score (nSPS) is 41.8. The molecule has 2 fully saturated rings. The minimum Gasteiger partial charge on any atom is -0.462 e. The lowest BCUT2D eigenvalue weighted by atomic mass is 9.48. The van der Waals surface area contributed by atoms with Crippen molar-refractivity contribution in [2.75, 3.05) is 0 Å². The van der Waals surface area contributed by atoms with Crippen molar-refractivity contribution in [3.63, 3.8) is 0 Å². The molecule has 0 aliphatic heterocycles. The van der Waals surface area contributed by atoms with Crippen LogP contribution in [0, 0.1) is 40.4 Å². The number of ether oxygens (including phenoxy) is 1. The van der Waals surface area contributed by atoms with Gasteiger partial charge in [-0.15, -0.1) is 0 Å². The predicted molar refractivity (Wildman–Crippen MR) is 135 cm³/mol. The molecule has 0 bridgehead atoms. The van der Waals surface area contributed by atoms with Crippen LogP contribution >= 0.6 is 0 Å². The molecule has 0 amide bonds. The number of aliphatic hydroxyl groups is 1. The van der Waals surface area contributed by atoms with E-state index in [2.05, 4.69) is 53.7 Å². The number of rotatable bonds is 5. The van der Waals surface area contributed by atoms with Crippen LogP contribution in [0.25, 0.3) is 0 Å². The van der Waals surface area contributed by atoms with Gasteiger partial charge in [-0.3, -0.25) is 9.59 Å². The van der Waals surface area contributed by atoms with E-state index in [1.165, 1.54) is 18.9 Å². The van der Waals surface area contributed by atoms with Crippen molar-refractivity contribution in [3.8, 4) is 0 Å². The van der Waals surface area contributed by atoms with Gasteiger partial charge in [0.2, 0.25) is 0 Å². The number of allylic oxidation sites excluding steroid dienone is 3. The second kappa shape index (κ2) is 8.91. The number of fused-ring (bicyclic) bond motifs is 4. The van der Waals surface area contributed by atoms with Gasteiger partial charge >= 0.3 is 5.97 Å². The average molecular weight is 471 g/mol. The van der Waals surface area contributed by atoms with Gasteiger partial charge in [-0.05, 0) is 73.5 Å². The maximum atomic E-state index is 13.9. The molecule has 0 aromatic rings. The molecule has 4 aliphatic rings. The van der Waals surface area contributed by atoms with Gasteiger partial charge < -0.3 is 9.84 Å². The molecule has 190 valence electrons. The summed E-state index contributed by atoms with van der Waals surface area (Å²) in [5, 5.41) is 11.8. The highest BCUT2D eigenvalue weighted by Crippen LogP contribution is 2.65. The summed E-state index contributed by atoms with van der Waals surface area (Å²) in [6.07, 6.45) is 10.8. The van der Waals surface area contributed by atoms with Gasteiger partial charge in [0.25, 0.3) is 0 Å². The van der Waals surface area contributed by atoms with Crippen LogP contribution in [0.4, 0.5) is 0 Å². The fourth-order valence-electron chi connectivity index (χ4n) is 8.21. The van der Waals surface area contributed by atoms with Crippen LogP contribution in [-0.2, 0) is 14.3 Å². The molecule has 0 radical (unpaired) electrons. The number of ketones is 1. The zero-order valence-electron chi connectivity index (χ0n) is 22.4. The lowest BCUT2D eigenvalue weighted by Crippen LogP contribution is -2.59. The first-order valence-corrected chi connectivity index (χ1v) is 13.7. The Hall–Kier alpha value is -1.42. The molecule has 0 spiro atoms. The van der Waals surface area contributed by atoms with Gasteiger partial charge in [-0.25, -0.2) is 0 Å². The first-order chi connectivity index (χ1) is 15.8. The van der Waals surface area contributed by atoms with Crippen molar-refractivity contribution < 1.29 is 19.4 Å². The predicted octanol–water partition coefficient (Wildman–Crippen LogP) is 6.42. The molecule has 4 rings (SSSR count). The van der Waals surface area contributed by atoms with E-state index in [1.54, 1.807) is 0 Å². The van der Waals surface area contributed by atoms with Gasteiger partial charge in [0, 0.05) is 30.8 Å². The maximum absolute atomic E-state index is 13.9. The van der Waals surface area contributed by atoms with Crippen LogP contribution in [0.3, 0.4) is 0 Å². The molecule has 4 aliphatic carbocycles. The number of carbonyl (C=O) groups is 2. The molecule has 0 heterocycles. The van der Waals surface area contributed by atoms with Crippen LogP contribution in [0.5, 0.6) is 0 Å². The monoisotopic (exact) mass is 470 g/mol. The highest BCUT2D eigenvalue weighted by atomic mass is 16.5. The second-order valence-corrected chi connectivity index (χ2v) is 12.9. The molecule has 2 saturated carbocycles. The summed E-state index contributed by atoms with van der Waals surface area (Å²) in [7, 11) is 0. The molecule has 4 heteroatoms. The Morgan fingerprint density at radius 1 is 1.09 bits per heavy atom. The highest BCUT2D eigenvalue weighted by molar-refractivity contribution is 5.99. The van der Waals surface area contributed by atoms with E-state index in [-0.39, 0.29) is 23.3 Å². The minimum atomic E-state index is -0.978. The van der Waals surface area contributed by atoms with Crippen LogP contribution < -0.4 is 0 Å². The fourth-order valence-corrected chi connectivity index (χ4v) is 8.21. The molecule has 0 saturated heterocycles. The Kier molecular flexibility index (Phi) is 6.72. The largest absolute Gasteiger partial charge is 0.462 e. The summed E-state index contributed by atoms with van der Waals surface area (Å²) >= 11 is 0. The van der Waals surface area contributed by atoms with Crippen LogP contribution in [-0.4, -0.2) is 28.6 Å². The summed E-state index contributed by atoms with van der Waals surface area (Å²) in [6.45, 7) is 15.1. The summed E-state index contributed by atoms with van der Waals surface area (Å²) in [6, 6.07) is 0. The van der Waals surface area contributed by atoms with Gasteiger partial charge in [-0.2, -0.15) is 0 Å². The Balaban J connectivity index is 1.62. The molecule has 4 nitrogen and oxygen atoms in total. The van der Waals surface area contributed by atoms with Crippen molar-refractivity contribution in [2.24, 2.45) is 40.4 Å². The third kappa shape index (κ3) is 4.02. The summed E-state index contributed by atoms with van der Waals surface area (Å²) in [5.74, 6) is 2.58. The third-order valence-electron chi connectivity index (χ3n) is 10.6. The highest BCUT2D eigenvalue weighted by Gasteiger charge is 2.62. The topological polar surface area (TPSA) is 63.6 Å². The number of hydrogen-bond acceptors (Lipinski definition) is 4. The van der Waals surface area contributed by atoms with Crippen LogP contribution in [0.2, 0.25) is 0 Å². The molecule has 34 heavy (non-hydrogen) atoms.